The monoisotopic (exact) mass is 257 g/mol. The van der Waals surface area contributed by atoms with Gasteiger partial charge in [-0.05, 0) is 19.3 Å². The number of carbonyl (C=O) groups is 2. The van der Waals surface area contributed by atoms with Gasteiger partial charge in [0.15, 0.2) is 0 Å². The number of carbonyl (C=O) groups excluding carboxylic acids is 1. The highest BCUT2D eigenvalue weighted by atomic mass is 16.5. The van der Waals surface area contributed by atoms with Crippen molar-refractivity contribution in [2.45, 2.75) is 39.2 Å². The van der Waals surface area contributed by atoms with E-state index in [2.05, 4.69) is 0 Å². The van der Waals surface area contributed by atoms with Crippen LogP contribution in [0.15, 0.2) is 0 Å². The molecule has 0 radical (unpaired) electrons. The van der Waals surface area contributed by atoms with Crippen molar-refractivity contribution in [3.05, 3.63) is 0 Å². The molecule has 1 aliphatic heterocycles. The number of amides is 1. The molecule has 3 unspecified atom stereocenters. The molecule has 1 heterocycles. The second-order valence-electron chi connectivity index (χ2n) is 5.12. The van der Waals surface area contributed by atoms with Crippen LogP contribution in [-0.4, -0.2) is 48.2 Å². The van der Waals surface area contributed by atoms with Crippen LogP contribution < -0.4 is 0 Å². The van der Waals surface area contributed by atoms with Crippen molar-refractivity contribution in [2.24, 2.45) is 11.8 Å². The summed E-state index contributed by atoms with van der Waals surface area (Å²) in [6, 6.07) is 0. The highest BCUT2D eigenvalue weighted by molar-refractivity contribution is 5.84. The number of hydrogen-bond acceptors (Lipinski definition) is 3. The van der Waals surface area contributed by atoms with Gasteiger partial charge in [-0.3, -0.25) is 9.59 Å². The minimum Gasteiger partial charge on any atom is -0.481 e. The molecule has 0 aliphatic carbocycles. The van der Waals surface area contributed by atoms with Crippen molar-refractivity contribution >= 4 is 11.9 Å². The Balaban J connectivity index is 2.46. The third-order valence-electron chi connectivity index (χ3n) is 3.66. The molecule has 5 heteroatoms. The van der Waals surface area contributed by atoms with Crippen molar-refractivity contribution in [3.8, 4) is 0 Å². The summed E-state index contributed by atoms with van der Waals surface area (Å²) in [5.41, 5.74) is 0. The first-order chi connectivity index (χ1) is 8.43. The summed E-state index contributed by atoms with van der Waals surface area (Å²) < 4.78 is 5.58. The second-order valence-corrected chi connectivity index (χ2v) is 5.12. The molecule has 1 N–H and O–H groups in total. The Morgan fingerprint density at radius 2 is 2.00 bits per heavy atom. The van der Waals surface area contributed by atoms with Crippen molar-refractivity contribution in [1.82, 2.24) is 4.90 Å². The minimum absolute atomic E-state index is 0.0973. The molecule has 18 heavy (non-hydrogen) atoms. The fraction of sp³-hybridized carbons (Fsp3) is 0.846. The molecule has 3 atom stereocenters. The van der Waals surface area contributed by atoms with Gasteiger partial charge in [0.2, 0.25) is 5.91 Å². The largest absolute Gasteiger partial charge is 0.481 e. The summed E-state index contributed by atoms with van der Waals surface area (Å²) in [5, 5.41) is 8.91. The lowest BCUT2D eigenvalue weighted by Crippen LogP contribution is -2.41. The number of rotatable bonds is 5. The van der Waals surface area contributed by atoms with E-state index in [-0.39, 0.29) is 12.0 Å². The summed E-state index contributed by atoms with van der Waals surface area (Å²) in [7, 11) is 1.71. The molecule has 1 aliphatic rings. The smallest absolute Gasteiger partial charge is 0.307 e. The van der Waals surface area contributed by atoms with Crippen molar-refractivity contribution in [3.63, 3.8) is 0 Å². The molecule has 0 bridgehead atoms. The summed E-state index contributed by atoms with van der Waals surface area (Å²) in [6.07, 6.45) is 3.29. The number of nitrogens with zero attached hydrogens (tertiary/aromatic N) is 1. The van der Waals surface area contributed by atoms with E-state index in [4.69, 9.17) is 9.84 Å². The second kappa shape index (κ2) is 6.73. The molecule has 1 saturated heterocycles. The fourth-order valence-corrected chi connectivity index (χ4v) is 2.12. The van der Waals surface area contributed by atoms with Crippen LogP contribution in [0.25, 0.3) is 0 Å². The van der Waals surface area contributed by atoms with Gasteiger partial charge in [0.1, 0.15) is 0 Å². The Labute approximate surface area is 108 Å². The first-order valence-corrected chi connectivity index (χ1v) is 6.53. The number of aliphatic carboxylic acids is 1. The summed E-state index contributed by atoms with van der Waals surface area (Å²) in [6.45, 7) is 4.54. The topological polar surface area (TPSA) is 66.8 Å². The van der Waals surface area contributed by atoms with E-state index in [9.17, 15) is 9.59 Å². The standard InChI is InChI=1S/C13H23NO4/c1-9(10(2)13(16)17)12(15)14(3)8-11-6-4-5-7-18-11/h9-11H,4-8H2,1-3H3,(H,16,17). The van der Waals surface area contributed by atoms with Crippen LogP contribution in [0.4, 0.5) is 0 Å². The van der Waals surface area contributed by atoms with Crippen LogP contribution >= 0.6 is 0 Å². The molecular formula is C13H23NO4. The Kier molecular flexibility index (Phi) is 5.59. The average molecular weight is 257 g/mol. The Morgan fingerprint density at radius 1 is 1.33 bits per heavy atom. The maximum atomic E-state index is 12.1. The van der Waals surface area contributed by atoms with Gasteiger partial charge in [-0.1, -0.05) is 13.8 Å². The molecule has 0 aromatic carbocycles. The third-order valence-corrected chi connectivity index (χ3v) is 3.66. The molecule has 0 aromatic rings. The Morgan fingerprint density at radius 3 is 2.50 bits per heavy atom. The highest BCUT2D eigenvalue weighted by Crippen LogP contribution is 2.17. The Bertz CT molecular complexity index is 299. The van der Waals surface area contributed by atoms with Gasteiger partial charge in [-0.25, -0.2) is 0 Å². The quantitative estimate of drug-likeness (QED) is 0.807. The van der Waals surface area contributed by atoms with Crippen LogP contribution in [0.1, 0.15) is 33.1 Å². The van der Waals surface area contributed by atoms with Crippen molar-refractivity contribution in [2.75, 3.05) is 20.2 Å². The lowest BCUT2D eigenvalue weighted by atomic mass is 9.94. The van der Waals surface area contributed by atoms with Crippen LogP contribution in [0.5, 0.6) is 0 Å². The fourth-order valence-electron chi connectivity index (χ4n) is 2.12. The Hall–Kier alpha value is -1.10. The molecule has 104 valence electrons. The van der Waals surface area contributed by atoms with Gasteiger partial charge in [0.05, 0.1) is 12.0 Å². The van der Waals surface area contributed by atoms with Gasteiger partial charge in [0.25, 0.3) is 0 Å². The van der Waals surface area contributed by atoms with Crippen LogP contribution in [-0.2, 0) is 14.3 Å². The predicted molar refractivity (Wildman–Crippen MR) is 67.2 cm³/mol. The van der Waals surface area contributed by atoms with Crippen molar-refractivity contribution < 1.29 is 19.4 Å². The third kappa shape index (κ3) is 3.98. The first kappa shape index (κ1) is 15.0. The molecule has 1 rings (SSSR count). The van der Waals surface area contributed by atoms with Gasteiger partial charge in [0, 0.05) is 26.1 Å². The van der Waals surface area contributed by atoms with E-state index in [1.54, 1.807) is 25.8 Å². The maximum Gasteiger partial charge on any atom is 0.307 e. The summed E-state index contributed by atoms with van der Waals surface area (Å²) in [4.78, 5) is 24.5. The number of carboxylic acid groups (broad SMARTS) is 1. The van der Waals surface area contributed by atoms with Gasteiger partial charge < -0.3 is 14.7 Å². The number of hydrogen-bond donors (Lipinski definition) is 1. The molecule has 1 fully saturated rings. The van der Waals surface area contributed by atoms with Crippen LogP contribution in [0.3, 0.4) is 0 Å². The molecule has 0 spiro atoms. The normalized spacial score (nSPS) is 23.2. The number of likely N-dealkylation sites (N-methyl/N-ethyl adjacent to an activating group) is 1. The zero-order chi connectivity index (χ0) is 13.7. The predicted octanol–water partition coefficient (Wildman–Crippen LogP) is 1.37. The van der Waals surface area contributed by atoms with Crippen molar-refractivity contribution in [1.29, 1.82) is 0 Å². The molecule has 0 saturated carbocycles. The van der Waals surface area contributed by atoms with Gasteiger partial charge in [-0.2, -0.15) is 0 Å². The summed E-state index contributed by atoms with van der Waals surface area (Å²) in [5.74, 6) is -2.22. The average Bonchev–Trinajstić information content (AvgIpc) is 2.37. The number of ether oxygens (including phenoxy) is 1. The van der Waals surface area contributed by atoms with E-state index in [0.717, 1.165) is 25.9 Å². The molecule has 1 amide bonds. The van der Waals surface area contributed by atoms with Crippen LogP contribution in [0.2, 0.25) is 0 Å². The van der Waals surface area contributed by atoms with E-state index in [0.29, 0.717) is 6.54 Å². The zero-order valence-electron chi connectivity index (χ0n) is 11.4. The van der Waals surface area contributed by atoms with Gasteiger partial charge >= 0.3 is 5.97 Å². The minimum atomic E-state index is -0.932. The van der Waals surface area contributed by atoms with E-state index >= 15 is 0 Å². The van der Waals surface area contributed by atoms with Crippen LogP contribution in [0, 0.1) is 11.8 Å². The zero-order valence-corrected chi connectivity index (χ0v) is 11.4. The lowest BCUT2D eigenvalue weighted by Gasteiger charge is -2.29. The molecule has 5 nitrogen and oxygen atoms in total. The SMILES string of the molecule is CC(C(=O)O)C(C)C(=O)N(C)CC1CCCCO1. The lowest BCUT2D eigenvalue weighted by molar-refractivity contribution is -0.149. The summed E-state index contributed by atoms with van der Waals surface area (Å²) >= 11 is 0. The first-order valence-electron chi connectivity index (χ1n) is 6.53. The molecular weight excluding hydrogens is 234 g/mol. The van der Waals surface area contributed by atoms with E-state index < -0.39 is 17.8 Å². The highest BCUT2D eigenvalue weighted by Gasteiger charge is 2.29. The maximum absolute atomic E-state index is 12.1. The van der Waals surface area contributed by atoms with E-state index in [1.807, 2.05) is 0 Å². The van der Waals surface area contributed by atoms with Gasteiger partial charge in [-0.15, -0.1) is 0 Å². The molecule has 0 aromatic heterocycles. The number of carboxylic acids is 1. The van der Waals surface area contributed by atoms with E-state index in [1.165, 1.54) is 0 Å².